The summed E-state index contributed by atoms with van der Waals surface area (Å²) in [6.45, 7) is 2.21. The van der Waals surface area contributed by atoms with E-state index in [1.54, 1.807) is 31.4 Å². The van der Waals surface area contributed by atoms with Crippen LogP contribution >= 0.6 is 27.5 Å². The number of benzene rings is 2. The highest BCUT2D eigenvalue weighted by Gasteiger charge is 2.10. The second-order valence-electron chi connectivity index (χ2n) is 5.06. The zero-order valence-corrected chi connectivity index (χ0v) is 15.2. The maximum atomic E-state index is 12.0. The Hall–Kier alpha value is -1.56. The second-order valence-corrected chi connectivity index (χ2v) is 6.35. The SMILES string of the molecule is COc1ccc([C@H](C)NCC(=O)Nc2cccc(Cl)c2)cc1Br. The van der Waals surface area contributed by atoms with Gasteiger partial charge in [0.15, 0.2) is 0 Å². The third-order valence-corrected chi connectivity index (χ3v) is 4.21. The molecule has 1 atom stereocenters. The molecule has 2 N–H and O–H groups in total. The normalized spacial score (nSPS) is 11.8. The first-order valence-corrected chi connectivity index (χ1v) is 8.29. The number of hydrogen-bond acceptors (Lipinski definition) is 3. The summed E-state index contributed by atoms with van der Waals surface area (Å²) in [5.41, 5.74) is 1.75. The molecule has 0 bridgehead atoms. The molecule has 0 aromatic heterocycles. The predicted octanol–water partition coefficient (Wildman–Crippen LogP) is 4.40. The van der Waals surface area contributed by atoms with E-state index >= 15 is 0 Å². The van der Waals surface area contributed by atoms with Gasteiger partial charge in [0.1, 0.15) is 5.75 Å². The molecule has 0 fully saturated rings. The lowest BCUT2D eigenvalue weighted by Crippen LogP contribution is -2.30. The molecule has 2 rings (SSSR count). The first kappa shape index (κ1) is 17.8. The van der Waals surface area contributed by atoms with Gasteiger partial charge in [-0.2, -0.15) is 0 Å². The minimum absolute atomic E-state index is 0.0299. The third kappa shape index (κ3) is 5.23. The maximum Gasteiger partial charge on any atom is 0.238 e. The fourth-order valence-corrected chi connectivity index (χ4v) is 2.84. The highest BCUT2D eigenvalue weighted by atomic mass is 79.9. The Morgan fingerprint density at radius 3 is 2.74 bits per heavy atom. The lowest BCUT2D eigenvalue weighted by Gasteiger charge is -2.15. The summed E-state index contributed by atoms with van der Waals surface area (Å²) in [5.74, 6) is 0.659. The first-order valence-electron chi connectivity index (χ1n) is 7.12. The minimum Gasteiger partial charge on any atom is -0.496 e. The summed E-state index contributed by atoms with van der Waals surface area (Å²) in [6.07, 6.45) is 0. The Morgan fingerprint density at radius 2 is 2.09 bits per heavy atom. The number of hydrogen-bond donors (Lipinski definition) is 2. The van der Waals surface area contributed by atoms with Crippen LogP contribution in [0.4, 0.5) is 5.69 Å². The molecule has 0 spiro atoms. The van der Waals surface area contributed by atoms with Crippen molar-refractivity contribution in [2.75, 3.05) is 19.0 Å². The van der Waals surface area contributed by atoms with Crippen molar-refractivity contribution in [1.29, 1.82) is 0 Å². The zero-order valence-electron chi connectivity index (χ0n) is 12.9. The van der Waals surface area contributed by atoms with Crippen LogP contribution in [0.1, 0.15) is 18.5 Å². The molecular formula is C17H18BrClN2O2. The van der Waals surface area contributed by atoms with Gasteiger partial charge in [-0.1, -0.05) is 23.7 Å². The third-order valence-electron chi connectivity index (χ3n) is 3.35. The van der Waals surface area contributed by atoms with Crippen LogP contribution in [0, 0.1) is 0 Å². The molecule has 23 heavy (non-hydrogen) atoms. The second kappa shape index (κ2) is 8.34. The van der Waals surface area contributed by atoms with Crippen LogP contribution in [-0.2, 0) is 4.79 Å². The maximum absolute atomic E-state index is 12.0. The monoisotopic (exact) mass is 396 g/mol. The van der Waals surface area contributed by atoms with Crippen LogP contribution < -0.4 is 15.4 Å². The molecular weight excluding hydrogens is 380 g/mol. The van der Waals surface area contributed by atoms with Gasteiger partial charge in [0, 0.05) is 16.8 Å². The van der Waals surface area contributed by atoms with Gasteiger partial charge in [0.25, 0.3) is 0 Å². The predicted molar refractivity (Wildman–Crippen MR) is 97.2 cm³/mol. The fraction of sp³-hybridized carbons (Fsp3) is 0.235. The van der Waals surface area contributed by atoms with Gasteiger partial charge in [-0.25, -0.2) is 0 Å². The standard InChI is InChI=1S/C17H18BrClN2O2/c1-11(12-6-7-16(23-2)15(18)8-12)20-10-17(22)21-14-5-3-4-13(19)9-14/h3-9,11,20H,10H2,1-2H3,(H,21,22)/t11-/m0/s1. The number of halogens is 2. The number of nitrogens with one attached hydrogen (secondary N) is 2. The van der Waals surface area contributed by atoms with Gasteiger partial charge >= 0.3 is 0 Å². The smallest absolute Gasteiger partial charge is 0.238 e. The van der Waals surface area contributed by atoms with E-state index in [1.807, 2.05) is 25.1 Å². The van der Waals surface area contributed by atoms with Crippen LogP contribution in [0.15, 0.2) is 46.9 Å². The fourth-order valence-electron chi connectivity index (χ4n) is 2.09. The van der Waals surface area contributed by atoms with Gasteiger partial charge in [0.2, 0.25) is 5.91 Å². The van der Waals surface area contributed by atoms with Crippen molar-refractivity contribution in [2.24, 2.45) is 0 Å². The minimum atomic E-state index is -0.119. The number of ether oxygens (including phenoxy) is 1. The summed E-state index contributed by atoms with van der Waals surface area (Å²) in [6, 6.07) is 12.9. The van der Waals surface area contributed by atoms with Gasteiger partial charge in [-0.3, -0.25) is 4.79 Å². The molecule has 4 nitrogen and oxygen atoms in total. The number of amides is 1. The summed E-state index contributed by atoms with van der Waals surface area (Å²) in [7, 11) is 1.63. The number of anilines is 1. The number of rotatable bonds is 6. The summed E-state index contributed by atoms with van der Waals surface area (Å²) in [4.78, 5) is 12.0. The van der Waals surface area contributed by atoms with Crippen molar-refractivity contribution in [1.82, 2.24) is 5.32 Å². The van der Waals surface area contributed by atoms with Crippen LogP contribution in [0.3, 0.4) is 0 Å². The Kier molecular flexibility index (Phi) is 6.45. The van der Waals surface area contributed by atoms with Crippen molar-refractivity contribution >= 4 is 39.1 Å². The van der Waals surface area contributed by atoms with Crippen LogP contribution in [0.5, 0.6) is 5.75 Å². The molecule has 122 valence electrons. The van der Waals surface area contributed by atoms with Crippen LogP contribution in [0.2, 0.25) is 5.02 Å². The van der Waals surface area contributed by atoms with E-state index in [-0.39, 0.29) is 18.5 Å². The topological polar surface area (TPSA) is 50.4 Å². The lowest BCUT2D eigenvalue weighted by atomic mass is 10.1. The molecule has 0 saturated heterocycles. The van der Waals surface area contributed by atoms with Gasteiger partial charge < -0.3 is 15.4 Å². The Labute approximate surface area is 149 Å². The molecule has 1 amide bonds. The Morgan fingerprint density at radius 1 is 1.30 bits per heavy atom. The van der Waals surface area contributed by atoms with Crippen LogP contribution in [-0.4, -0.2) is 19.6 Å². The van der Waals surface area contributed by atoms with Crippen molar-refractivity contribution in [3.05, 3.63) is 57.5 Å². The molecule has 6 heteroatoms. The molecule has 0 aliphatic rings. The van der Waals surface area contributed by atoms with Crippen molar-refractivity contribution in [2.45, 2.75) is 13.0 Å². The molecule has 2 aromatic carbocycles. The van der Waals surface area contributed by atoms with E-state index in [0.717, 1.165) is 15.8 Å². The highest BCUT2D eigenvalue weighted by molar-refractivity contribution is 9.10. The molecule has 0 radical (unpaired) electrons. The molecule has 0 aliphatic carbocycles. The average molecular weight is 398 g/mol. The van der Waals surface area contributed by atoms with Crippen molar-refractivity contribution in [3.63, 3.8) is 0 Å². The van der Waals surface area contributed by atoms with E-state index < -0.39 is 0 Å². The van der Waals surface area contributed by atoms with Gasteiger partial charge in [-0.05, 0) is 58.7 Å². The van der Waals surface area contributed by atoms with Gasteiger partial charge in [-0.15, -0.1) is 0 Å². The zero-order chi connectivity index (χ0) is 16.8. The highest BCUT2D eigenvalue weighted by Crippen LogP contribution is 2.27. The van der Waals surface area contributed by atoms with Crippen LogP contribution in [0.25, 0.3) is 0 Å². The lowest BCUT2D eigenvalue weighted by molar-refractivity contribution is -0.115. The Balaban J connectivity index is 1.89. The van der Waals surface area contributed by atoms with E-state index in [0.29, 0.717) is 10.7 Å². The molecule has 0 saturated carbocycles. The van der Waals surface area contributed by atoms with E-state index in [4.69, 9.17) is 16.3 Å². The van der Waals surface area contributed by atoms with E-state index in [1.165, 1.54) is 0 Å². The Bertz CT molecular complexity index is 694. The molecule has 0 heterocycles. The van der Waals surface area contributed by atoms with Gasteiger partial charge in [0.05, 0.1) is 18.1 Å². The molecule has 0 aliphatic heterocycles. The number of carbonyl (C=O) groups is 1. The quantitative estimate of drug-likeness (QED) is 0.759. The molecule has 0 unspecified atom stereocenters. The van der Waals surface area contributed by atoms with Crippen molar-refractivity contribution in [3.8, 4) is 5.75 Å². The largest absolute Gasteiger partial charge is 0.496 e. The summed E-state index contributed by atoms with van der Waals surface area (Å²) in [5, 5.41) is 6.59. The average Bonchev–Trinajstić information content (AvgIpc) is 2.52. The van der Waals surface area contributed by atoms with Crippen molar-refractivity contribution < 1.29 is 9.53 Å². The first-order chi connectivity index (χ1) is 11.0. The van der Waals surface area contributed by atoms with E-state index in [9.17, 15) is 4.79 Å². The summed E-state index contributed by atoms with van der Waals surface area (Å²) >= 11 is 9.36. The summed E-state index contributed by atoms with van der Waals surface area (Å²) < 4.78 is 6.10. The van der Waals surface area contributed by atoms with E-state index in [2.05, 4.69) is 26.6 Å². The number of carbonyl (C=O) groups excluding carboxylic acids is 1. The number of methoxy groups -OCH3 is 1. The molecule has 2 aromatic rings.